The fraction of sp³-hybridized carbons (Fsp3) is 0.154. The molecule has 1 aromatic carbocycles. The van der Waals surface area contributed by atoms with Gasteiger partial charge in [-0.1, -0.05) is 0 Å². The number of carbonyl (C=O) groups is 3. The Hall–Kier alpha value is -3.12. The summed E-state index contributed by atoms with van der Waals surface area (Å²) in [5.41, 5.74) is 8.44. The summed E-state index contributed by atoms with van der Waals surface area (Å²) >= 11 is 0. The van der Waals surface area contributed by atoms with E-state index < -0.39 is 17.8 Å². The minimum Gasteiger partial charge on any atom is -0.427 e. The first-order valence-corrected chi connectivity index (χ1v) is 5.70. The summed E-state index contributed by atoms with van der Waals surface area (Å²) in [5.74, 6) is -1.50. The SMILES string of the molecule is CC(=O)Oc1ccc(OC(C)=O)c(C=CC(=O)N=[N+]=[N-])c1. The molecule has 0 saturated carbocycles. The molecular formula is C13H11N3O5. The Bertz CT molecular complexity index is 660. The molecule has 0 heterocycles. The molecule has 108 valence electrons. The predicted octanol–water partition coefficient (Wildman–Crippen LogP) is 2.39. The van der Waals surface area contributed by atoms with E-state index in [-0.39, 0.29) is 11.5 Å². The largest absolute Gasteiger partial charge is 0.427 e. The normalized spacial score (nSPS) is 9.81. The van der Waals surface area contributed by atoms with Gasteiger partial charge in [-0.05, 0) is 41.0 Å². The summed E-state index contributed by atoms with van der Waals surface area (Å²) in [6, 6.07) is 4.25. The molecule has 0 N–H and O–H groups in total. The van der Waals surface area contributed by atoms with Crippen molar-refractivity contribution < 1.29 is 23.9 Å². The van der Waals surface area contributed by atoms with Crippen LogP contribution in [0.5, 0.6) is 11.5 Å². The van der Waals surface area contributed by atoms with Gasteiger partial charge in [-0.3, -0.25) is 14.4 Å². The third kappa shape index (κ3) is 5.58. The monoisotopic (exact) mass is 289 g/mol. The summed E-state index contributed by atoms with van der Waals surface area (Å²) in [4.78, 5) is 35.4. The molecule has 21 heavy (non-hydrogen) atoms. The van der Waals surface area contributed by atoms with Crippen molar-refractivity contribution in [3.05, 3.63) is 40.3 Å². The molecule has 1 aromatic rings. The number of hydrogen-bond acceptors (Lipinski definition) is 5. The number of rotatable bonds is 4. The summed E-state index contributed by atoms with van der Waals surface area (Å²) < 4.78 is 9.84. The van der Waals surface area contributed by atoms with Crippen molar-refractivity contribution in [3.63, 3.8) is 0 Å². The van der Waals surface area contributed by atoms with Gasteiger partial charge in [0.2, 0.25) is 5.91 Å². The van der Waals surface area contributed by atoms with Gasteiger partial charge in [-0.2, -0.15) is 0 Å². The highest BCUT2D eigenvalue weighted by molar-refractivity contribution is 5.93. The van der Waals surface area contributed by atoms with Crippen molar-refractivity contribution in [2.45, 2.75) is 13.8 Å². The van der Waals surface area contributed by atoms with E-state index in [1.165, 1.54) is 38.1 Å². The van der Waals surface area contributed by atoms with E-state index in [0.29, 0.717) is 5.56 Å². The molecule has 0 bridgehead atoms. The molecule has 0 saturated heterocycles. The lowest BCUT2D eigenvalue weighted by Crippen LogP contribution is -2.04. The fourth-order valence-corrected chi connectivity index (χ4v) is 1.37. The molecule has 0 spiro atoms. The topological polar surface area (TPSA) is 118 Å². The number of carbonyl (C=O) groups excluding carboxylic acids is 3. The Morgan fingerprint density at radius 2 is 1.86 bits per heavy atom. The van der Waals surface area contributed by atoms with Gasteiger partial charge in [0, 0.05) is 24.3 Å². The second kappa shape index (κ2) is 7.46. The Balaban J connectivity index is 3.15. The highest BCUT2D eigenvalue weighted by Gasteiger charge is 2.08. The Labute approximate surface area is 119 Å². The van der Waals surface area contributed by atoms with E-state index >= 15 is 0 Å². The van der Waals surface area contributed by atoms with Crippen LogP contribution in [-0.2, 0) is 14.4 Å². The average molecular weight is 289 g/mol. The van der Waals surface area contributed by atoms with E-state index in [2.05, 4.69) is 10.0 Å². The van der Waals surface area contributed by atoms with E-state index in [9.17, 15) is 14.4 Å². The van der Waals surface area contributed by atoms with Gasteiger partial charge >= 0.3 is 11.9 Å². The molecule has 0 aliphatic carbocycles. The lowest BCUT2D eigenvalue weighted by Gasteiger charge is -2.08. The van der Waals surface area contributed by atoms with Gasteiger partial charge in [0.1, 0.15) is 11.5 Å². The molecule has 0 fully saturated rings. The Kier molecular flexibility index (Phi) is 5.66. The minimum atomic E-state index is -0.816. The molecule has 8 heteroatoms. The highest BCUT2D eigenvalue weighted by Crippen LogP contribution is 2.26. The van der Waals surface area contributed by atoms with Crippen molar-refractivity contribution in [2.24, 2.45) is 5.11 Å². The smallest absolute Gasteiger partial charge is 0.308 e. The molecule has 0 aliphatic rings. The van der Waals surface area contributed by atoms with Gasteiger partial charge < -0.3 is 9.47 Å². The first-order valence-electron chi connectivity index (χ1n) is 5.70. The molecule has 0 aliphatic heterocycles. The van der Waals surface area contributed by atoms with Crippen LogP contribution >= 0.6 is 0 Å². The number of nitrogens with zero attached hydrogens (tertiary/aromatic N) is 3. The van der Waals surface area contributed by atoms with Crippen molar-refractivity contribution in [1.82, 2.24) is 0 Å². The van der Waals surface area contributed by atoms with Crippen LogP contribution in [0, 0.1) is 0 Å². The maximum atomic E-state index is 11.1. The first kappa shape index (κ1) is 15.9. The lowest BCUT2D eigenvalue weighted by molar-refractivity contribution is -0.133. The number of benzene rings is 1. The lowest BCUT2D eigenvalue weighted by atomic mass is 10.1. The number of azide groups is 1. The van der Waals surface area contributed by atoms with Gasteiger partial charge in [0.25, 0.3) is 0 Å². The van der Waals surface area contributed by atoms with E-state index in [0.717, 1.165) is 6.08 Å². The maximum absolute atomic E-state index is 11.1. The van der Waals surface area contributed by atoms with Crippen molar-refractivity contribution >= 4 is 23.9 Å². The minimum absolute atomic E-state index is 0.170. The van der Waals surface area contributed by atoms with Crippen molar-refractivity contribution in [3.8, 4) is 11.5 Å². The Morgan fingerprint density at radius 1 is 1.19 bits per heavy atom. The van der Waals surface area contributed by atoms with E-state index in [1.807, 2.05) is 0 Å². The summed E-state index contributed by atoms with van der Waals surface area (Å²) in [6.07, 6.45) is 2.28. The van der Waals surface area contributed by atoms with Gasteiger partial charge in [-0.25, -0.2) is 0 Å². The quantitative estimate of drug-likeness (QED) is 0.210. The molecule has 0 atom stereocenters. The molecule has 8 nitrogen and oxygen atoms in total. The van der Waals surface area contributed by atoms with Crippen LogP contribution in [0.15, 0.2) is 29.4 Å². The molecular weight excluding hydrogens is 278 g/mol. The third-order valence-corrected chi connectivity index (χ3v) is 2.05. The van der Waals surface area contributed by atoms with Gasteiger partial charge in [-0.15, -0.1) is 0 Å². The maximum Gasteiger partial charge on any atom is 0.308 e. The zero-order valence-corrected chi connectivity index (χ0v) is 11.3. The van der Waals surface area contributed by atoms with Crippen LogP contribution in [0.3, 0.4) is 0 Å². The number of esters is 2. The van der Waals surface area contributed by atoms with Crippen LogP contribution in [0.2, 0.25) is 0 Å². The van der Waals surface area contributed by atoms with E-state index in [1.54, 1.807) is 0 Å². The van der Waals surface area contributed by atoms with Crippen LogP contribution in [0.25, 0.3) is 16.5 Å². The average Bonchev–Trinajstić information content (AvgIpc) is 2.38. The summed E-state index contributed by atoms with van der Waals surface area (Å²) in [5, 5.41) is 2.86. The summed E-state index contributed by atoms with van der Waals surface area (Å²) in [6.45, 7) is 2.46. The van der Waals surface area contributed by atoms with Crippen molar-refractivity contribution in [1.29, 1.82) is 0 Å². The standard InChI is InChI=1S/C13H11N3O5/c1-8(17)20-11-4-5-12(21-9(2)18)10(7-11)3-6-13(19)15-16-14/h3-7H,1-2H3. The van der Waals surface area contributed by atoms with Crippen molar-refractivity contribution in [2.75, 3.05) is 0 Å². The van der Waals surface area contributed by atoms with Crippen LogP contribution in [-0.4, -0.2) is 17.8 Å². The van der Waals surface area contributed by atoms with Gasteiger partial charge in [0.15, 0.2) is 0 Å². The third-order valence-electron chi connectivity index (χ3n) is 2.05. The molecule has 0 unspecified atom stereocenters. The van der Waals surface area contributed by atoms with Gasteiger partial charge in [0.05, 0.1) is 0 Å². The first-order chi connectivity index (χ1) is 9.92. The zero-order valence-electron chi connectivity index (χ0n) is 11.3. The molecule has 0 aromatic heterocycles. The fourth-order valence-electron chi connectivity index (χ4n) is 1.37. The second-order valence-corrected chi connectivity index (χ2v) is 3.75. The highest BCUT2D eigenvalue weighted by atomic mass is 16.5. The summed E-state index contributed by atoms with van der Waals surface area (Å²) in [7, 11) is 0. The molecule has 1 amide bonds. The second-order valence-electron chi connectivity index (χ2n) is 3.75. The number of ether oxygens (including phenoxy) is 2. The predicted molar refractivity (Wildman–Crippen MR) is 72.2 cm³/mol. The van der Waals surface area contributed by atoms with E-state index in [4.69, 9.17) is 15.0 Å². The zero-order chi connectivity index (χ0) is 15.8. The van der Waals surface area contributed by atoms with Crippen LogP contribution < -0.4 is 9.47 Å². The number of amides is 1. The molecule has 0 radical (unpaired) electrons. The Morgan fingerprint density at radius 3 is 2.43 bits per heavy atom. The number of hydrogen-bond donors (Lipinski definition) is 0. The van der Waals surface area contributed by atoms with Crippen LogP contribution in [0.1, 0.15) is 19.4 Å². The molecule has 1 rings (SSSR count). The van der Waals surface area contributed by atoms with Crippen LogP contribution in [0.4, 0.5) is 0 Å².